The molecule has 1 atom stereocenters. The van der Waals surface area contributed by atoms with Gasteiger partial charge in [0.1, 0.15) is 6.17 Å². The highest BCUT2D eigenvalue weighted by molar-refractivity contribution is 6.31. The predicted molar refractivity (Wildman–Crippen MR) is 91.8 cm³/mol. The van der Waals surface area contributed by atoms with Crippen molar-refractivity contribution in [1.82, 2.24) is 5.32 Å². The van der Waals surface area contributed by atoms with Crippen LogP contribution in [0.1, 0.15) is 22.1 Å². The lowest BCUT2D eigenvalue weighted by Gasteiger charge is -2.39. The quantitative estimate of drug-likeness (QED) is 0.909. The van der Waals surface area contributed by atoms with Crippen LogP contribution in [0.3, 0.4) is 0 Å². The van der Waals surface area contributed by atoms with Gasteiger partial charge in [-0.2, -0.15) is 0 Å². The number of carbonyl (C=O) groups is 1. The van der Waals surface area contributed by atoms with Crippen molar-refractivity contribution in [1.29, 1.82) is 0 Å². The molecule has 122 valence electrons. The number of amides is 1. The second kappa shape index (κ2) is 5.42. The van der Waals surface area contributed by atoms with E-state index in [4.69, 9.17) is 21.1 Å². The summed E-state index contributed by atoms with van der Waals surface area (Å²) in [4.78, 5) is 18.9. The van der Waals surface area contributed by atoms with Crippen LogP contribution in [0.2, 0.25) is 5.02 Å². The molecule has 1 amide bonds. The molecule has 2 aromatic rings. The van der Waals surface area contributed by atoms with E-state index in [0.29, 0.717) is 22.1 Å². The number of aliphatic imine (C=N–C) groups is 1. The van der Waals surface area contributed by atoms with Gasteiger partial charge in [0.05, 0.1) is 37.5 Å². The van der Waals surface area contributed by atoms with Crippen LogP contribution in [-0.4, -0.2) is 26.5 Å². The van der Waals surface area contributed by atoms with Crippen molar-refractivity contribution in [2.75, 3.05) is 19.1 Å². The molecule has 0 aliphatic carbocycles. The van der Waals surface area contributed by atoms with E-state index >= 15 is 0 Å². The Bertz CT molecular complexity index is 882. The van der Waals surface area contributed by atoms with Crippen molar-refractivity contribution in [2.24, 2.45) is 4.99 Å². The molecule has 0 radical (unpaired) electrons. The van der Waals surface area contributed by atoms with Crippen molar-refractivity contribution in [2.45, 2.75) is 6.17 Å². The first-order chi connectivity index (χ1) is 11.6. The maximum atomic E-state index is 12.5. The molecule has 7 heteroatoms. The fourth-order valence-electron chi connectivity index (χ4n) is 3.02. The van der Waals surface area contributed by atoms with E-state index in [9.17, 15) is 4.79 Å². The van der Waals surface area contributed by atoms with Gasteiger partial charge >= 0.3 is 0 Å². The molecule has 2 aromatic carbocycles. The van der Waals surface area contributed by atoms with Gasteiger partial charge in [-0.3, -0.25) is 4.79 Å². The van der Waals surface area contributed by atoms with Gasteiger partial charge < -0.3 is 19.7 Å². The summed E-state index contributed by atoms with van der Waals surface area (Å²) >= 11 is 6.01. The largest absolute Gasteiger partial charge is 0.493 e. The van der Waals surface area contributed by atoms with Crippen molar-refractivity contribution < 1.29 is 14.3 Å². The lowest BCUT2D eigenvalue weighted by atomic mass is 10.0. The van der Waals surface area contributed by atoms with Crippen molar-refractivity contribution in [3.05, 3.63) is 46.5 Å². The summed E-state index contributed by atoms with van der Waals surface area (Å²) in [5, 5.41) is 3.50. The monoisotopic (exact) mass is 343 g/mol. The number of hydrogen-bond donors (Lipinski definition) is 1. The van der Waals surface area contributed by atoms with Gasteiger partial charge in [-0.05, 0) is 24.3 Å². The van der Waals surface area contributed by atoms with Crippen molar-refractivity contribution in [3.8, 4) is 11.5 Å². The Hall–Kier alpha value is -2.73. The molecule has 1 unspecified atom stereocenters. The molecular weight excluding hydrogens is 330 g/mol. The van der Waals surface area contributed by atoms with E-state index in [0.717, 1.165) is 16.9 Å². The molecular formula is C17H14ClN3O3. The molecule has 2 aliphatic heterocycles. The average Bonchev–Trinajstić information content (AvgIpc) is 2.60. The topological polar surface area (TPSA) is 63.2 Å². The van der Waals surface area contributed by atoms with Crippen LogP contribution in [0.5, 0.6) is 11.5 Å². The first kappa shape index (κ1) is 14.8. The number of benzene rings is 2. The molecule has 2 heterocycles. The number of carbonyl (C=O) groups excluding carboxylic acids is 1. The molecule has 0 bridgehead atoms. The van der Waals surface area contributed by atoms with Crippen molar-refractivity contribution in [3.63, 3.8) is 0 Å². The molecule has 0 fully saturated rings. The number of anilines is 1. The number of hydrogen-bond acceptors (Lipinski definition) is 5. The Morgan fingerprint density at radius 2 is 1.92 bits per heavy atom. The third kappa shape index (κ3) is 2.11. The third-order valence-electron chi connectivity index (χ3n) is 4.18. The Balaban J connectivity index is 1.86. The fourth-order valence-corrected chi connectivity index (χ4v) is 3.19. The number of halogens is 1. The van der Waals surface area contributed by atoms with Gasteiger partial charge in [-0.25, -0.2) is 4.99 Å². The number of nitrogens with one attached hydrogen (secondary N) is 1. The SMILES string of the molecule is COc1cc2c(cc1OC)C1NC(=O)c3cc(Cl)ccc3N1C=N2. The van der Waals surface area contributed by atoms with E-state index in [1.54, 1.807) is 38.8 Å². The molecule has 0 spiro atoms. The molecule has 6 nitrogen and oxygen atoms in total. The molecule has 1 N–H and O–H groups in total. The molecule has 0 aromatic heterocycles. The van der Waals surface area contributed by atoms with Gasteiger partial charge in [-0.1, -0.05) is 11.6 Å². The first-order valence-corrected chi connectivity index (χ1v) is 7.69. The van der Waals surface area contributed by atoms with Crippen LogP contribution in [0, 0.1) is 0 Å². The number of methoxy groups -OCH3 is 2. The van der Waals surface area contributed by atoms with Gasteiger partial charge in [-0.15, -0.1) is 0 Å². The molecule has 0 saturated heterocycles. The standard InChI is InChI=1S/C17H14ClN3O3/c1-23-14-6-10-12(7-15(14)24-2)19-8-21-13-4-3-9(18)5-11(13)17(22)20-16(10)21/h3-8,16H,1-2H3,(H,20,22). The zero-order valence-corrected chi connectivity index (χ0v) is 13.8. The minimum absolute atomic E-state index is 0.176. The minimum atomic E-state index is -0.363. The summed E-state index contributed by atoms with van der Waals surface area (Å²) in [7, 11) is 3.15. The summed E-state index contributed by atoms with van der Waals surface area (Å²) < 4.78 is 10.7. The number of rotatable bonds is 2. The lowest BCUT2D eigenvalue weighted by Crippen LogP contribution is -2.47. The van der Waals surface area contributed by atoms with Crippen LogP contribution < -0.4 is 19.7 Å². The highest BCUT2D eigenvalue weighted by atomic mass is 35.5. The lowest BCUT2D eigenvalue weighted by molar-refractivity contribution is 0.0930. The second-order valence-electron chi connectivity index (χ2n) is 5.46. The summed E-state index contributed by atoms with van der Waals surface area (Å²) in [6, 6.07) is 8.87. The molecule has 4 rings (SSSR count). The van der Waals surface area contributed by atoms with Crippen LogP contribution >= 0.6 is 11.6 Å². The fraction of sp³-hybridized carbons (Fsp3) is 0.176. The Labute approximate surface area is 143 Å². The van der Waals surface area contributed by atoms with Gasteiger partial charge in [0.15, 0.2) is 11.5 Å². The average molecular weight is 344 g/mol. The zero-order chi connectivity index (χ0) is 16.8. The molecule has 24 heavy (non-hydrogen) atoms. The summed E-state index contributed by atoms with van der Waals surface area (Å²) in [6.45, 7) is 0. The summed E-state index contributed by atoms with van der Waals surface area (Å²) in [5.74, 6) is 1.01. The predicted octanol–water partition coefficient (Wildman–Crippen LogP) is 3.28. The normalized spacial score (nSPS) is 17.5. The van der Waals surface area contributed by atoms with Gasteiger partial charge in [0.2, 0.25) is 0 Å². The molecule has 2 aliphatic rings. The number of fused-ring (bicyclic) bond motifs is 5. The molecule has 0 saturated carbocycles. The number of ether oxygens (including phenoxy) is 2. The highest BCUT2D eigenvalue weighted by Crippen LogP contribution is 2.43. The van der Waals surface area contributed by atoms with E-state index < -0.39 is 0 Å². The highest BCUT2D eigenvalue weighted by Gasteiger charge is 2.35. The van der Waals surface area contributed by atoms with E-state index in [1.165, 1.54) is 0 Å². The maximum Gasteiger partial charge on any atom is 0.255 e. The third-order valence-corrected chi connectivity index (χ3v) is 4.41. The van der Waals surface area contributed by atoms with Gasteiger partial charge in [0.25, 0.3) is 5.91 Å². The first-order valence-electron chi connectivity index (χ1n) is 7.31. The van der Waals surface area contributed by atoms with Crippen LogP contribution in [-0.2, 0) is 0 Å². The van der Waals surface area contributed by atoms with Crippen molar-refractivity contribution >= 4 is 35.2 Å². The van der Waals surface area contributed by atoms with Crippen LogP contribution in [0.25, 0.3) is 0 Å². The maximum absolute atomic E-state index is 12.5. The van der Waals surface area contributed by atoms with E-state index in [1.807, 2.05) is 17.0 Å². The van der Waals surface area contributed by atoms with Crippen LogP contribution in [0.4, 0.5) is 11.4 Å². The van der Waals surface area contributed by atoms with E-state index in [2.05, 4.69) is 10.3 Å². The van der Waals surface area contributed by atoms with Crippen LogP contribution in [0.15, 0.2) is 35.3 Å². The minimum Gasteiger partial charge on any atom is -0.493 e. The zero-order valence-electron chi connectivity index (χ0n) is 13.0. The Morgan fingerprint density at radius 1 is 1.17 bits per heavy atom. The number of nitrogens with zero attached hydrogens (tertiary/aromatic N) is 2. The smallest absolute Gasteiger partial charge is 0.255 e. The second-order valence-corrected chi connectivity index (χ2v) is 5.89. The Kier molecular flexibility index (Phi) is 3.35. The van der Waals surface area contributed by atoms with E-state index in [-0.39, 0.29) is 12.1 Å². The summed E-state index contributed by atoms with van der Waals surface area (Å²) in [6.07, 6.45) is 1.34. The Morgan fingerprint density at radius 3 is 2.67 bits per heavy atom. The summed E-state index contributed by atoms with van der Waals surface area (Å²) in [5.41, 5.74) is 2.85. The van der Waals surface area contributed by atoms with Gasteiger partial charge in [0, 0.05) is 16.7 Å².